The second-order valence-electron chi connectivity index (χ2n) is 11.3. The van der Waals surface area contributed by atoms with Crippen LogP contribution in [0.15, 0.2) is 96.0 Å². The molecule has 232 valence electrons. The van der Waals surface area contributed by atoms with Crippen molar-refractivity contribution in [3.63, 3.8) is 0 Å². The summed E-state index contributed by atoms with van der Waals surface area (Å²) in [5.74, 6) is 0.585. The molecule has 0 saturated heterocycles. The molecule has 9 heteroatoms. The summed E-state index contributed by atoms with van der Waals surface area (Å²) in [6.45, 7) is 7.24. The van der Waals surface area contributed by atoms with Gasteiger partial charge < -0.3 is 18.9 Å². The molecule has 0 spiro atoms. The van der Waals surface area contributed by atoms with Gasteiger partial charge in [0.05, 0.1) is 24.7 Å². The molecule has 44 heavy (non-hydrogen) atoms. The molecular weight excluding hydrogens is 574 g/mol. The van der Waals surface area contributed by atoms with Crippen molar-refractivity contribution in [2.45, 2.75) is 50.7 Å². The summed E-state index contributed by atoms with van der Waals surface area (Å²) in [5.41, 5.74) is 4.36. The molecule has 0 N–H and O–H groups in total. The molecule has 4 aromatic rings. The number of sulfonamides is 1. The summed E-state index contributed by atoms with van der Waals surface area (Å²) in [6, 6.07) is 27.2. The van der Waals surface area contributed by atoms with Gasteiger partial charge in [0.25, 0.3) is 0 Å². The maximum atomic E-state index is 14.0. The van der Waals surface area contributed by atoms with Crippen LogP contribution in [0.2, 0.25) is 0 Å². The van der Waals surface area contributed by atoms with Crippen LogP contribution in [0, 0.1) is 13.8 Å². The summed E-state index contributed by atoms with van der Waals surface area (Å²) < 4.78 is 43.0. The van der Waals surface area contributed by atoms with Gasteiger partial charge in [0, 0.05) is 44.0 Å². The van der Waals surface area contributed by atoms with E-state index in [4.69, 9.17) is 9.47 Å². The van der Waals surface area contributed by atoms with E-state index >= 15 is 0 Å². The van der Waals surface area contributed by atoms with Crippen LogP contribution in [0.3, 0.4) is 0 Å². The molecule has 0 fully saturated rings. The van der Waals surface area contributed by atoms with E-state index in [1.807, 2.05) is 59.5 Å². The Bertz CT molecular complexity index is 1650. The highest BCUT2D eigenvalue weighted by molar-refractivity contribution is 7.89. The van der Waals surface area contributed by atoms with Gasteiger partial charge in [0.1, 0.15) is 12.4 Å². The number of carbonyl (C=O) groups is 1. The van der Waals surface area contributed by atoms with Crippen LogP contribution in [0.4, 0.5) is 0 Å². The second-order valence-corrected chi connectivity index (χ2v) is 13.2. The van der Waals surface area contributed by atoms with Crippen LogP contribution in [0.25, 0.3) is 0 Å². The first-order valence-electron chi connectivity index (χ1n) is 15.0. The lowest BCUT2D eigenvalue weighted by atomic mass is 9.89. The third kappa shape index (κ3) is 6.75. The van der Waals surface area contributed by atoms with Gasteiger partial charge in [-0.1, -0.05) is 67.6 Å². The lowest BCUT2D eigenvalue weighted by Gasteiger charge is -2.40. The number of carbonyl (C=O) groups excluding carboxylic acids is 1. The molecule has 2 heterocycles. The number of nitrogens with zero attached hydrogens (tertiary/aromatic N) is 3. The lowest BCUT2D eigenvalue weighted by Crippen LogP contribution is -2.45. The van der Waals surface area contributed by atoms with E-state index in [-0.39, 0.29) is 49.1 Å². The van der Waals surface area contributed by atoms with E-state index in [1.54, 1.807) is 33.1 Å². The van der Waals surface area contributed by atoms with Gasteiger partial charge in [0.2, 0.25) is 15.9 Å². The second kappa shape index (κ2) is 13.8. The Morgan fingerprint density at radius 3 is 2.27 bits per heavy atom. The smallest absolute Gasteiger partial charge is 0.249 e. The summed E-state index contributed by atoms with van der Waals surface area (Å²) >= 11 is 0. The first-order valence-corrected chi connectivity index (χ1v) is 16.4. The van der Waals surface area contributed by atoms with Gasteiger partial charge in [-0.3, -0.25) is 4.79 Å². The molecule has 0 bridgehead atoms. The van der Waals surface area contributed by atoms with Gasteiger partial charge >= 0.3 is 0 Å². The molecule has 0 aliphatic carbocycles. The number of hydrogen-bond donors (Lipinski definition) is 0. The Kier molecular flexibility index (Phi) is 9.88. The van der Waals surface area contributed by atoms with Crippen molar-refractivity contribution >= 4 is 15.9 Å². The third-order valence-corrected chi connectivity index (χ3v) is 10.5. The predicted molar refractivity (Wildman–Crippen MR) is 171 cm³/mol. The Labute approximate surface area is 260 Å². The Morgan fingerprint density at radius 2 is 1.61 bits per heavy atom. The monoisotopic (exact) mass is 615 g/mol. The van der Waals surface area contributed by atoms with Gasteiger partial charge in [-0.2, -0.15) is 4.31 Å². The predicted octanol–water partition coefficient (Wildman–Crippen LogP) is 5.71. The zero-order chi connectivity index (χ0) is 31.3. The summed E-state index contributed by atoms with van der Waals surface area (Å²) in [4.78, 5) is 15.8. The zero-order valence-corrected chi connectivity index (χ0v) is 26.7. The average Bonchev–Trinajstić information content (AvgIpc) is 3.51. The first-order chi connectivity index (χ1) is 21.2. The summed E-state index contributed by atoms with van der Waals surface area (Å²) in [7, 11) is -2.32. The Balaban J connectivity index is 1.31. The highest BCUT2D eigenvalue weighted by Gasteiger charge is 2.35. The molecule has 5 rings (SSSR count). The molecule has 1 amide bonds. The molecule has 1 aromatic heterocycles. The van der Waals surface area contributed by atoms with Gasteiger partial charge in [0.15, 0.2) is 0 Å². The maximum absolute atomic E-state index is 14.0. The van der Waals surface area contributed by atoms with Crippen LogP contribution in [-0.4, -0.2) is 61.5 Å². The Hall–Kier alpha value is -3.92. The standard InChI is InChI=1S/C35H41N3O5S/c1-26-22-31(42-4)23-27(2)35(26)44(40,41)37(24-29-12-7-5-8-13-29)20-21-43-25-33(39)38-19-18-36-17-11-16-32(36)34(38)28(3)30-14-9-6-10-15-30/h5-17,22-23,28,34H,18-21,24-25H2,1-4H3. The number of ether oxygens (including phenoxy) is 2. The topological polar surface area (TPSA) is 81.1 Å². The van der Waals surface area contributed by atoms with E-state index in [0.717, 1.165) is 23.4 Å². The van der Waals surface area contributed by atoms with Crippen molar-refractivity contribution in [1.82, 2.24) is 13.8 Å². The molecule has 1 aliphatic rings. The molecule has 2 unspecified atom stereocenters. The third-order valence-electron chi connectivity index (χ3n) is 8.38. The minimum atomic E-state index is -3.88. The van der Waals surface area contributed by atoms with Crippen molar-refractivity contribution in [3.05, 3.63) is 119 Å². The summed E-state index contributed by atoms with van der Waals surface area (Å²) in [6.07, 6.45) is 2.06. The van der Waals surface area contributed by atoms with Crippen molar-refractivity contribution in [2.24, 2.45) is 0 Å². The lowest BCUT2D eigenvalue weighted by molar-refractivity contribution is -0.140. The van der Waals surface area contributed by atoms with E-state index in [0.29, 0.717) is 23.4 Å². The highest BCUT2D eigenvalue weighted by Crippen LogP contribution is 2.38. The number of rotatable bonds is 12. The number of fused-ring (bicyclic) bond motifs is 1. The normalized spacial score (nSPS) is 15.7. The first kappa shape index (κ1) is 31.5. The minimum absolute atomic E-state index is 0.0785. The molecule has 0 saturated carbocycles. The van der Waals surface area contributed by atoms with E-state index in [9.17, 15) is 13.2 Å². The number of hydrogen-bond acceptors (Lipinski definition) is 5. The number of amides is 1. The minimum Gasteiger partial charge on any atom is -0.497 e. The van der Waals surface area contributed by atoms with Crippen LogP contribution in [-0.2, 0) is 32.6 Å². The number of benzene rings is 3. The van der Waals surface area contributed by atoms with Gasteiger partial charge in [-0.25, -0.2) is 8.42 Å². The van der Waals surface area contributed by atoms with Crippen molar-refractivity contribution in [3.8, 4) is 5.75 Å². The number of aromatic nitrogens is 1. The van der Waals surface area contributed by atoms with Crippen LogP contribution >= 0.6 is 0 Å². The number of methoxy groups -OCH3 is 1. The van der Waals surface area contributed by atoms with Crippen molar-refractivity contribution in [2.75, 3.05) is 33.4 Å². The number of aryl methyl sites for hydroxylation is 2. The fourth-order valence-electron chi connectivity index (χ4n) is 6.20. The molecule has 2 atom stereocenters. The van der Waals surface area contributed by atoms with Gasteiger partial charge in [-0.05, 0) is 60.4 Å². The van der Waals surface area contributed by atoms with Crippen molar-refractivity contribution in [1.29, 1.82) is 0 Å². The molecule has 3 aromatic carbocycles. The van der Waals surface area contributed by atoms with E-state index in [1.165, 1.54) is 4.31 Å². The SMILES string of the molecule is COc1cc(C)c(S(=O)(=O)N(CCOCC(=O)N2CCn3cccc3C2C(C)c2ccccc2)Cc2ccccc2)c(C)c1. The van der Waals surface area contributed by atoms with E-state index < -0.39 is 10.0 Å². The fraction of sp³-hybridized carbons (Fsp3) is 0.343. The molecular formula is C35H41N3O5S. The van der Waals surface area contributed by atoms with Gasteiger partial charge in [-0.15, -0.1) is 0 Å². The largest absolute Gasteiger partial charge is 0.497 e. The van der Waals surface area contributed by atoms with Crippen LogP contribution in [0.1, 0.15) is 46.8 Å². The van der Waals surface area contributed by atoms with E-state index in [2.05, 4.69) is 35.9 Å². The fourth-order valence-corrected chi connectivity index (χ4v) is 8.03. The van der Waals surface area contributed by atoms with Crippen molar-refractivity contribution < 1.29 is 22.7 Å². The molecule has 8 nitrogen and oxygen atoms in total. The quantitative estimate of drug-likeness (QED) is 0.191. The molecule has 0 radical (unpaired) electrons. The van der Waals surface area contributed by atoms with Crippen LogP contribution in [0.5, 0.6) is 5.75 Å². The highest BCUT2D eigenvalue weighted by atomic mass is 32.2. The maximum Gasteiger partial charge on any atom is 0.249 e. The zero-order valence-electron chi connectivity index (χ0n) is 25.8. The summed E-state index contributed by atoms with van der Waals surface area (Å²) in [5, 5.41) is 0. The van der Waals surface area contributed by atoms with Crippen LogP contribution < -0.4 is 4.74 Å². The average molecular weight is 616 g/mol. The molecule has 1 aliphatic heterocycles. The Morgan fingerprint density at radius 1 is 0.955 bits per heavy atom.